The predicted octanol–water partition coefficient (Wildman–Crippen LogP) is -0.532. The third-order valence-electron chi connectivity index (χ3n) is 3.07. The van der Waals surface area contributed by atoms with E-state index >= 15 is 0 Å². The zero-order valence-electron chi connectivity index (χ0n) is 10.8. The molecule has 0 aromatic rings. The Morgan fingerprint density at radius 1 is 1.41 bits per heavy atom. The van der Waals surface area contributed by atoms with Gasteiger partial charge in [-0.25, -0.2) is 4.79 Å². The van der Waals surface area contributed by atoms with Crippen molar-refractivity contribution in [3.63, 3.8) is 0 Å². The van der Waals surface area contributed by atoms with Crippen LogP contribution in [0.15, 0.2) is 0 Å². The summed E-state index contributed by atoms with van der Waals surface area (Å²) in [5.74, 6) is -0.113. The molecule has 6 heteroatoms. The highest BCUT2D eigenvalue weighted by Gasteiger charge is 2.33. The van der Waals surface area contributed by atoms with Crippen LogP contribution in [0.2, 0.25) is 0 Å². The molecule has 98 valence electrons. The summed E-state index contributed by atoms with van der Waals surface area (Å²) >= 11 is 0. The van der Waals surface area contributed by atoms with Crippen molar-refractivity contribution >= 4 is 11.9 Å². The zero-order chi connectivity index (χ0) is 12.8. The number of amides is 3. The van der Waals surface area contributed by atoms with E-state index in [2.05, 4.69) is 10.6 Å². The van der Waals surface area contributed by atoms with Gasteiger partial charge in [0.2, 0.25) is 5.91 Å². The molecule has 1 saturated heterocycles. The monoisotopic (exact) mass is 242 g/mol. The molecular formula is C11H22N4O2. The number of urea groups is 1. The molecule has 1 fully saturated rings. The topological polar surface area (TPSA) is 64.7 Å². The van der Waals surface area contributed by atoms with E-state index < -0.39 is 6.04 Å². The molecular weight excluding hydrogens is 220 g/mol. The minimum Gasteiger partial charge on any atom is -0.357 e. The summed E-state index contributed by atoms with van der Waals surface area (Å²) in [4.78, 5) is 27.3. The molecule has 1 unspecified atom stereocenters. The molecule has 3 amide bonds. The van der Waals surface area contributed by atoms with Gasteiger partial charge in [-0.15, -0.1) is 0 Å². The second-order valence-corrected chi connectivity index (χ2v) is 3.98. The minimum absolute atomic E-state index is 0.0508. The Kier molecular flexibility index (Phi) is 5.21. The maximum Gasteiger partial charge on any atom is 0.320 e. The molecule has 0 aromatic heterocycles. The number of likely N-dealkylation sites (N-methyl/N-ethyl adjacent to an activating group) is 1. The van der Waals surface area contributed by atoms with Gasteiger partial charge >= 0.3 is 6.03 Å². The Hall–Kier alpha value is -1.30. The Morgan fingerprint density at radius 3 is 2.59 bits per heavy atom. The number of piperazine rings is 1. The highest BCUT2D eigenvalue weighted by molar-refractivity contribution is 5.87. The van der Waals surface area contributed by atoms with Crippen LogP contribution in [0, 0.1) is 0 Å². The highest BCUT2D eigenvalue weighted by atomic mass is 16.2. The fourth-order valence-electron chi connectivity index (χ4n) is 2.01. The highest BCUT2D eigenvalue weighted by Crippen LogP contribution is 2.08. The molecule has 0 aromatic carbocycles. The fourth-order valence-corrected chi connectivity index (χ4v) is 2.01. The lowest BCUT2D eigenvalue weighted by Crippen LogP contribution is -2.61. The van der Waals surface area contributed by atoms with Crippen molar-refractivity contribution in [2.75, 3.05) is 39.8 Å². The first-order chi connectivity index (χ1) is 8.15. The molecule has 1 atom stereocenters. The van der Waals surface area contributed by atoms with Gasteiger partial charge in [-0.3, -0.25) is 4.79 Å². The summed E-state index contributed by atoms with van der Waals surface area (Å²) in [6, 6.07) is -0.452. The van der Waals surface area contributed by atoms with Gasteiger partial charge < -0.3 is 20.4 Å². The minimum atomic E-state index is -0.401. The van der Waals surface area contributed by atoms with Crippen LogP contribution < -0.4 is 10.6 Å². The maximum atomic E-state index is 12.2. The maximum absolute atomic E-state index is 12.2. The van der Waals surface area contributed by atoms with Crippen molar-refractivity contribution in [1.82, 2.24) is 20.4 Å². The summed E-state index contributed by atoms with van der Waals surface area (Å²) < 4.78 is 0. The van der Waals surface area contributed by atoms with Gasteiger partial charge in [-0.05, 0) is 13.8 Å². The van der Waals surface area contributed by atoms with Gasteiger partial charge in [0.1, 0.15) is 6.04 Å². The first kappa shape index (κ1) is 13.8. The number of carbonyl (C=O) groups excluding carboxylic acids is 2. The first-order valence-corrected chi connectivity index (χ1v) is 6.13. The van der Waals surface area contributed by atoms with E-state index in [1.54, 1.807) is 16.8 Å². The van der Waals surface area contributed by atoms with E-state index in [1.807, 2.05) is 13.8 Å². The number of hydrogen-bond acceptors (Lipinski definition) is 3. The van der Waals surface area contributed by atoms with Crippen LogP contribution in [0.25, 0.3) is 0 Å². The third-order valence-corrected chi connectivity index (χ3v) is 3.07. The van der Waals surface area contributed by atoms with Crippen LogP contribution in [-0.4, -0.2) is 67.6 Å². The molecule has 1 aliphatic rings. The van der Waals surface area contributed by atoms with E-state index in [1.165, 1.54) is 0 Å². The Bertz CT molecular complexity index is 279. The number of nitrogens with one attached hydrogen (secondary N) is 2. The van der Waals surface area contributed by atoms with Crippen molar-refractivity contribution in [3.8, 4) is 0 Å². The van der Waals surface area contributed by atoms with Gasteiger partial charge in [0.15, 0.2) is 0 Å². The van der Waals surface area contributed by atoms with E-state index in [0.29, 0.717) is 26.2 Å². The van der Waals surface area contributed by atoms with Crippen LogP contribution >= 0.6 is 0 Å². The molecule has 0 saturated carbocycles. The summed E-state index contributed by atoms with van der Waals surface area (Å²) in [5, 5.41) is 5.74. The lowest BCUT2D eigenvalue weighted by atomic mass is 10.2. The van der Waals surface area contributed by atoms with Crippen molar-refractivity contribution < 1.29 is 9.59 Å². The SMILES string of the molecule is CCN(CC)C(=O)N1CCNCC1C(=O)NC. The normalized spacial score (nSPS) is 19.9. The molecule has 0 aliphatic carbocycles. The lowest BCUT2D eigenvalue weighted by molar-refractivity contribution is -0.125. The second kappa shape index (κ2) is 6.44. The quantitative estimate of drug-likeness (QED) is 0.699. The average Bonchev–Trinajstić information content (AvgIpc) is 2.39. The number of nitrogens with zero attached hydrogens (tertiary/aromatic N) is 2. The number of hydrogen-bond donors (Lipinski definition) is 2. The molecule has 17 heavy (non-hydrogen) atoms. The van der Waals surface area contributed by atoms with E-state index in [-0.39, 0.29) is 11.9 Å². The predicted molar refractivity (Wildman–Crippen MR) is 65.7 cm³/mol. The van der Waals surface area contributed by atoms with Gasteiger partial charge in [-0.2, -0.15) is 0 Å². The molecule has 1 aliphatic heterocycles. The zero-order valence-corrected chi connectivity index (χ0v) is 10.8. The van der Waals surface area contributed by atoms with Crippen LogP contribution in [0.5, 0.6) is 0 Å². The van der Waals surface area contributed by atoms with Gasteiger partial charge in [0, 0.05) is 39.8 Å². The lowest BCUT2D eigenvalue weighted by Gasteiger charge is -2.37. The molecule has 1 heterocycles. The smallest absolute Gasteiger partial charge is 0.320 e. The average molecular weight is 242 g/mol. The van der Waals surface area contributed by atoms with E-state index in [4.69, 9.17) is 0 Å². The number of rotatable bonds is 3. The van der Waals surface area contributed by atoms with Crippen molar-refractivity contribution in [2.45, 2.75) is 19.9 Å². The summed E-state index contributed by atoms with van der Waals surface area (Å²) in [6.45, 7) is 7.05. The molecule has 6 nitrogen and oxygen atoms in total. The first-order valence-electron chi connectivity index (χ1n) is 6.13. The van der Waals surface area contributed by atoms with Crippen molar-refractivity contribution in [2.24, 2.45) is 0 Å². The van der Waals surface area contributed by atoms with Crippen LogP contribution in [-0.2, 0) is 4.79 Å². The van der Waals surface area contributed by atoms with Gasteiger partial charge in [-0.1, -0.05) is 0 Å². The second-order valence-electron chi connectivity index (χ2n) is 3.98. The van der Waals surface area contributed by atoms with Crippen LogP contribution in [0.3, 0.4) is 0 Å². The Balaban J connectivity index is 2.76. The number of carbonyl (C=O) groups is 2. The summed E-state index contributed by atoms with van der Waals surface area (Å²) in [5.41, 5.74) is 0. The van der Waals surface area contributed by atoms with E-state index in [0.717, 1.165) is 6.54 Å². The van der Waals surface area contributed by atoms with Gasteiger partial charge in [0.05, 0.1) is 0 Å². The van der Waals surface area contributed by atoms with Crippen LogP contribution in [0.4, 0.5) is 4.79 Å². The van der Waals surface area contributed by atoms with Crippen molar-refractivity contribution in [1.29, 1.82) is 0 Å². The Morgan fingerprint density at radius 2 is 2.06 bits per heavy atom. The largest absolute Gasteiger partial charge is 0.357 e. The van der Waals surface area contributed by atoms with Crippen LogP contribution in [0.1, 0.15) is 13.8 Å². The van der Waals surface area contributed by atoms with E-state index in [9.17, 15) is 9.59 Å². The Labute approximate surface area is 102 Å². The molecule has 2 N–H and O–H groups in total. The van der Waals surface area contributed by atoms with Crippen molar-refractivity contribution in [3.05, 3.63) is 0 Å². The van der Waals surface area contributed by atoms with Gasteiger partial charge in [0.25, 0.3) is 0 Å². The fraction of sp³-hybridized carbons (Fsp3) is 0.818. The molecule has 0 radical (unpaired) electrons. The third kappa shape index (κ3) is 3.09. The molecule has 0 spiro atoms. The summed E-state index contributed by atoms with van der Waals surface area (Å²) in [6.07, 6.45) is 0. The molecule has 0 bridgehead atoms. The standard InChI is InChI=1S/C11H22N4O2/c1-4-14(5-2)11(17)15-7-6-13-8-9(15)10(16)12-3/h9,13H,4-8H2,1-3H3,(H,12,16). The molecule has 1 rings (SSSR count). The summed E-state index contributed by atoms with van der Waals surface area (Å²) in [7, 11) is 1.59.